The average Bonchev–Trinajstić information content (AvgIpc) is 2.93. The van der Waals surface area contributed by atoms with Gasteiger partial charge in [-0.25, -0.2) is 0 Å². The second-order valence-electron chi connectivity index (χ2n) is 4.79. The van der Waals surface area contributed by atoms with Gasteiger partial charge in [-0.15, -0.1) is 0 Å². The Morgan fingerprint density at radius 2 is 2.10 bits per heavy atom. The van der Waals surface area contributed by atoms with E-state index in [2.05, 4.69) is 26.1 Å². The normalized spacial score (nSPS) is 10.9. The molecule has 0 bridgehead atoms. The summed E-state index contributed by atoms with van der Waals surface area (Å²) in [6.07, 6.45) is 3.56. The van der Waals surface area contributed by atoms with Gasteiger partial charge in [0.05, 0.1) is 27.4 Å². The fourth-order valence-electron chi connectivity index (χ4n) is 1.85. The summed E-state index contributed by atoms with van der Waals surface area (Å²) in [6, 6.07) is 0. The Morgan fingerprint density at radius 1 is 1.38 bits per heavy atom. The number of carbonyl (C=O) groups is 1. The summed E-state index contributed by atoms with van der Waals surface area (Å²) in [4.78, 5) is 13.8. The predicted octanol–water partition coefficient (Wildman–Crippen LogP) is 2.48. The first kappa shape index (κ1) is 16.0. The highest BCUT2D eigenvalue weighted by atomic mass is 79.9. The Morgan fingerprint density at radius 3 is 2.62 bits per heavy atom. The number of hydrogen-bond acceptors (Lipinski definition) is 3. The maximum Gasteiger partial charge on any atom is 0.244 e. The molecule has 6 nitrogen and oxygen atoms in total. The van der Waals surface area contributed by atoms with Gasteiger partial charge in [0.2, 0.25) is 5.91 Å². The molecule has 0 saturated heterocycles. The van der Waals surface area contributed by atoms with Crippen LogP contribution in [0.3, 0.4) is 0 Å². The molecule has 0 aliphatic carbocycles. The summed E-state index contributed by atoms with van der Waals surface area (Å²) >= 11 is 9.39. The summed E-state index contributed by atoms with van der Waals surface area (Å²) in [5, 5.41) is 9.16. The Bertz CT molecular complexity index is 632. The fraction of sp³-hybridized carbons (Fsp3) is 0.462. The molecular weight excluding hydrogens is 358 g/mol. The molecule has 8 heteroatoms. The second-order valence-corrected chi connectivity index (χ2v) is 6.05. The van der Waals surface area contributed by atoms with Crippen LogP contribution in [-0.2, 0) is 24.4 Å². The van der Waals surface area contributed by atoms with Crippen LogP contribution in [0.25, 0.3) is 0 Å². The minimum atomic E-state index is -0.0490. The molecule has 0 radical (unpaired) electrons. The summed E-state index contributed by atoms with van der Waals surface area (Å²) < 4.78 is 4.28. The van der Waals surface area contributed by atoms with Gasteiger partial charge in [0, 0.05) is 26.0 Å². The van der Waals surface area contributed by atoms with Gasteiger partial charge in [0.1, 0.15) is 6.54 Å². The standard InChI is InChI=1S/C13H17BrClN5O/c1-4-19-5-10(14)12(17-19)7-18(3)13(21)8-20-6-11(15)9(2)16-20/h5-6H,4,7-8H2,1-3H3. The van der Waals surface area contributed by atoms with Crippen molar-refractivity contribution in [3.63, 3.8) is 0 Å². The summed E-state index contributed by atoms with van der Waals surface area (Å²) in [5.41, 5.74) is 1.55. The van der Waals surface area contributed by atoms with Crippen LogP contribution in [0, 0.1) is 6.92 Å². The molecule has 0 atom stereocenters. The van der Waals surface area contributed by atoms with E-state index in [9.17, 15) is 4.79 Å². The van der Waals surface area contributed by atoms with Gasteiger partial charge in [-0.2, -0.15) is 10.2 Å². The minimum absolute atomic E-state index is 0.0490. The fourth-order valence-corrected chi connectivity index (χ4v) is 2.44. The van der Waals surface area contributed by atoms with Crippen molar-refractivity contribution in [2.75, 3.05) is 7.05 Å². The molecule has 2 aromatic heterocycles. The third kappa shape index (κ3) is 3.85. The topological polar surface area (TPSA) is 56.0 Å². The third-order valence-electron chi connectivity index (χ3n) is 3.11. The minimum Gasteiger partial charge on any atom is -0.338 e. The number of aryl methyl sites for hydroxylation is 2. The third-order valence-corrected chi connectivity index (χ3v) is 4.14. The Balaban J connectivity index is 2.00. The largest absolute Gasteiger partial charge is 0.338 e. The molecule has 1 amide bonds. The molecule has 0 aliphatic rings. The molecule has 0 N–H and O–H groups in total. The van der Waals surface area contributed by atoms with Crippen molar-refractivity contribution >= 4 is 33.4 Å². The number of rotatable bonds is 5. The van der Waals surface area contributed by atoms with Gasteiger partial charge >= 0.3 is 0 Å². The first-order valence-electron chi connectivity index (χ1n) is 6.56. The van der Waals surface area contributed by atoms with Crippen molar-refractivity contribution < 1.29 is 4.79 Å². The second kappa shape index (κ2) is 6.62. The number of amides is 1. The molecule has 2 rings (SSSR count). The SMILES string of the molecule is CCn1cc(Br)c(CN(C)C(=O)Cn2cc(Cl)c(C)n2)n1. The van der Waals surface area contributed by atoms with E-state index in [1.54, 1.807) is 22.8 Å². The first-order valence-corrected chi connectivity index (χ1v) is 7.73. The zero-order valence-corrected chi connectivity index (χ0v) is 14.5. The van der Waals surface area contributed by atoms with Gasteiger partial charge in [-0.3, -0.25) is 14.2 Å². The van der Waals surface area contributed by atoms with Crippen molar-refractivity contribution in [1.29, 1.82) is 0 Å². The van der Waals surface area contributed by atoms with Gasteiger partial charge in [-0.1, -0.05) is 11.6 Å². The molecule has 21 heavy (non-hydrogen) atoms. The molecule has 114 valence electrons. The number of nitrogens with zero attached hydrogens (tertiary/aromatic N) is 5. The molecule has 0 aliphatic heterocycles. The van der Waals surface area contributed by atoms with Crippen molar-refractivity contribution in [3.05, 3.63) is 33.3 Å². The van der Waals surface area contributed by atoms with Gasteiger partial charge in [0.25, 0.3) is 0 Å². The van der Waals surface area contributed by atoms with E-state index < -0.39 is 0 Å². The highest BCUT2D eigenvalue weighted by Crippen LogP contribution is 2.17. The number of aromatic nitrogens is 4. The lowest BCUT2D eigenvalue weighted by Crippen LogP contribution is -2.30. The maximum absolute atomic E-state index is 12.2. The smallest absolute Gasteiger partial charge is 0.244 e. The van der Waals surface area contributed by atoms with Crippen molar-refractivity contribution in [2.24, 2.45) is 0 Å². The Kier molecular flexibility index (Phi) is 5.05. The van der Waals surface area contributed by atoms with Crippen LogP contribution in [0.1, 0.15) is 18.3 Å². The van der Waals surface area contributed by atoms with E-state index in [1.165, 1.54) is 0 Å². The van der Waals surface area contributed by atoms with Gasteiger partial charge in [-0.05, 0) is 29.8 Å². The maximum atomic E-state index is 12.2. The first-order chi connectivity index (χ1) is 9.90. The van der Waals surface area contributed by atoms with Crippen molar-refractivity contribution in [3.8, 4) is 0 Å². The van der Waals surface area contributed by atoms with Gasteiger partial charge in [0.15, 0.2) is 0 Å². The van der Waals surface area contributed by atoms with Crippen molar-refractivity contribution in [1.82, 2.24) is 24.5 Å². The lowest BCUT2D eigenvalue weighted by atomic mass is 10.4. The quantitative estimate of drug-likeness (QED) is 0.808. The van der Waals surface area contributed by atoms with Crippen LogP contribution < -0.4 is 0 Å². The predicted molar refractivity (Wildman–Crippen MR) is 84.0 cm³/mol. The number of hydrogen-bond donors (Lipinski definition) is 0. The Labute approximate surface area is 136 Å². The summed E-state index contributed by atoms with van der Waals surface area (Å²) in [7, 11) is 1.75. The molecule has 0 aromatic carbocycles. The van der Waals surface area contributed by atoms with Crippen LogP contribution in [-0.4, -0.2) is 37.4 Å². The molecule has 0 saturated carbocycles. The molecular formula is C13H17BrClN5O. The van der Waals surface area contributed by atoms with Crippen LogP contribution in [0.5, 0.6) is 0 Å². The summed E-state index contributed by atoms with van der Waals surface area (Å²) in [6.45, 7) is 5.22. The van der Waals surface area contributed by atoms with E-state index in [0.717, 1.165) is 22.4 Å². The van der Waals surface area contributed by atoms with E-state index >= 15 is 0 Å². The highest BCUT2D eigenvalue weighted by Gasteiger charge is 2.15. The molecule has 2 heterocycles. The Hall–Kier alpha value is -1.34. The van der Waals surface area contributed by atoms with Crippen LogP contribution in [0.15, 0.2) is 16.9 Å². The molecule has 0 fully saturated rings. The summed E-state index contributed by atoms with van der Waals surface area (Å²) in [5.74, 6) is -0.0490. The van der Waals surface area contributed by atoms with Gasteiger partial charge < -0.3 is 4.90 Å². The van der Waals surface area contributed by atoms with Crippen molar-refractivity contribution in [2.45, 2.75) is 33.5 Å². The van der Waals surface area contributed by atoms with E-state index in [-0.39, 0.29) is 12.5 Å². The number of halogens is 2. The number of likely N-dealkylation sites (N-methyl/N-ethyl adjacent to an activating group) is 1. The molecule has 2 aromatic rings. The zero-order chi connectivity index (χ0) is 15.6. The monoisotopic (exact) mass is 373 g/mol. The van der Waals surface area contributed by atoms with E-state index in [0.29, 0.717) is 11.6 Å². The lowest BCUT2D eigenvalue weighted by molar-refractivity contribution is -0.131. The molecule has 0 unspecified atom stereocenters. The lowest BCUT2D eigenvalue weighted by Gasteiger charge is -2.16. The highest BCUT2D eigenvalue weighted by molar-refractivity contribution is 9.10. The molecule has 0 spiro atoms. The van der Waals surface area contributed by atoms with E-state index in [4.69, 9.17) is 11.6 Å². The average molecular weight is 375 g/mol. The van der Waals surface area contributed by atoms with Crippen LogP contribution in [0.4, 0.5) is 0 Å². The van der Waals surface area contributed by atoms with Crippen LogP contribution in [0.2, 0.25) is 5.02 Å². The zero-order valence-electron chi connectivity index (χ0n) is 12.2. The van der Waals surface area contributed by atoms with E-state index in [1.807, 2.05) is 24.7 Å². The number of carbonyl (C=O) groups excluding carboxylic acids is 1. The van der Waals surface area contributed by atoms with Crippen LogP contribution >= 0.6 is 27.5 Å².